The fourth-order valence-corrected chi connectivity index (χ4v) is 3.23. The Morgan fingerprint density at radius 2 is 2.00 bits per heavy atom. The zero-order valence-electron chi connectivity index (χ0n) is 12.5. The maximum Gasteiger partial charge on any atom is 0.230 e. The van der Waals surface area contributed by atoms with Crippen LogP contribution in [0.4, 0.5) is 0 Å². The van der Waals surface area contributed by atoms with Crippen LogP contribution in [0.2, 0.25) is 0 Å². The van der Waals surface area contributed by atoms with Crippen molar-refractivity contribution in [2.24, 2.45) is 11.7 Å². The summed E-state index contributed by atoms with van der Waals surface area (Å²) in [4.78, 5) is 4.56. The van der Waals surface area contributed by atoms with Crippen LogP contribution in [0.5, 0.6) is 5.75 Å². The average Bonchev–Trinajstić information content (AvgIpc) is 3.11. The minimum atomic E-state index is 0.288. The Balaban J connectivity index is 1.91. The molecular weight excluding hydrogens is 266 g/mol. The number of rotatable bonds is 3. The summed E-state index contributed by atoms with van der Waals surface area (Å²) < 4.78 is 5.47. The second kappa shape index (κ2) is 5.48. The lowest BCUT2D eigenvalue weighted by Crippen LogP contribution is -2.17. The number of aryl methyl sites for hydroxylation is 2. The molecule has 21 heavy (non-hydrogen) atoms. The van der Waals surface area contributed by atoms with Crippen molar-refractivity contribution in [3.63, 3.8) is 0 Å². The Labute approximate surface area is 124 Å². The van der Waals surface area contributed by atoms with E-state index in [9.17, 15) is 5.11 Å². The molecule has 1 aliphatic rings. The average molecular weight is 287 g/mol. The van der Waals surface area contributed by atoms with Crippen LogP contribution in [0.15, 0.2) is 16.7 Å². The summed E-state index contributed by atoms with van der Waals surface area (Å²) in [6, 6.07) is 3.76. The third kappa shape index (κ3) is 2.53. The van der Waals surface area contributed by atoms with Gasteiger partial charge in [0.15, 0.2) is 0 Å². The summed E-state index contributed by atoms with van der Waals surface area (Å²) >= 11 is 0. The number of hydrogen-bond donors (Lipinski definition) is 2. The van der Waals surface area contributed by atoms with Crippen molar-refractivity contribution in [1.29, 1.82) is 0 Å². The van der Waals surface area contributed by atoms with Crippen LogP contribution in [0.25, 0.3) is 11.4 Å². The van der Waals surface area contributed by atoms with E-state index in [1.807, 2.05) is 26.0 Å². The molecule has 1 aromatic carbocycles. The molecule has 5 heteroatoms. The van der Waals surface area contributed by atoms with E-state index in [-0.39, 0.29) is 5.92 Å². The molecule has 0 aliphatic heterocycles. The number of hydrogen-bond acceptors (Lipinski definition) is 5. The molecule has 3 rings (SSSR count). The van der Waals surface area contributed by atoms with Gasteiger partial charge >= 0.3 is 0 Å². The van der Waals surface area contributed by atoms with Crippen LogP contribution in [0.3, 0.4) is 0 Å². The quantitative estimate of drug-likeness (QED) is 0.906. The van der Waals surface area contributed by atoms with Crippen molar-refractivity contribution in [2.45, 2.75) is 39.0 Å². The van der Waals surface area contributed by atoms with Crippen LogP contribution >= 0.6 is 0 Å². The van der Waals surface area contributed by atoms with Crippen LogP contribution in [-0.2, 0) is 0 Å². The number of phenols is 1. The predicted octanol–water partition coefficient (Wildman–Crippen LogP) is 2.90. The fourth-order valence-electron chi connectivity index (χ4n) is 3.23. The normalized spacial score (nSPS) is 21.9. The highest BCUT2D eigenvalue weighted by molar-refractivity contribution is 5.60. The first-order chi connectivity index (χ1) is 10.1. The third-order valence-corrected chi connectivity index (χ3v) is 4.47. The second-order valence-electron chi connectivity index (χ2n) is 5.95. The number of nitrogens with two attached hydrogens (primary N) is 1. The van der Waals surface area contributed by atoms with E-state index in [1.165, 1.54) is 6.42 Å². The molecule has 3 N–H and O–H groups in total. The van der Waals surface area contributed by atoms with Gasteiger partial charge in [-0.25, -0.2) is 0 Å². The van der Waals surface area contributed by atoms with E-state index < -0.39 is 0 Å². The molecule has 0 spiro atoms. The summed E-state index contributed by atoms with van der Waals surface area (Å²) in [6.45, 7) is 4.41. The Kier molecular flexibility index (Phi) is 3.68. The van der Waals surface area contributed by atoms with Crippen LogP contribution in [0, 0.1) is 19.8 Å². The van der Waals surface area contributed by atoms with Gasteiger partial charge in [-0.3, -0.25) is 0 Å². The standard InChI is InChI=1S/C16H21N3O2/c1-9-6-12(7-10(2)14(9)20)15-18-16(21-19-15)13-5-3-4-11(13)8-17/h6-7,11,13,20H,3-5,8,17H2,1-2H3. The third-order valence-electron chi connectivity index (χ3n) is 4.47. The van der Waals surface area contributed by atoms with E-state index in [4.69, 9.17) is 10.3 Å². The molecule has 1 fully saturated rings. The molecule has 2 atom stereocenters. The molecule has 0 bridgehead atoms. The molecule has 1 heterocycles. The van der Waals surface area contributed by atoms with E-state index in [0.717, 1.165) is 29.5 Å². The van der Waals surface area contributed by atoms with Crippen molar-refractivity contribution in [1.82, 2.24) is 10.1 Å². The maximum absolute atomic E-state index is 9.84. The number of nitrogens with zero attached hydrogens (tertiary/aromatic N) is 2. The highest BCUT2D eigenvalue weighted by atomic mass is 16.5. The summed E-state index contributed by atoms with van der Waals surface area (Å²) in [5.74, 6) is 2.33. The predicted molar refractivity (Wildman–Crippen MR) is 80.0 cm³/mol. The Morgan fingerprint density at radius 1 is 1.29 bits per heavy atom. The van der Waals surface area contributed by atoms with Crippen molar-refractivity contribution in [3.8, 4) is 17.1 Å². The molecular formula is C16H21N3O2. The van der Waals surface area contributed by atoms with Crippen LogP contribution in [-0.4, -0.2) is 21.8 Å². The molecule has 1 aromatic heterocycles. The van der Waals surface area contributed by atoms with Crippen molar-refractivity contribution < 1.29 is 9.63 Å². The first kappa shape index (κ1) is 14.1. The highest BCUT2D eigenvalue weighted by Crippen LogP contribution is 2.39. The van der Waals surface area contributed by atoms with Gasteiger partial charge < -0.3 is 15.4 Å². The molecule has 0 radical (unpaired) electrons. The molecule has 5 nitrogen and oxygen atoms in total. The van der Waals surface area contributed by atoms with Gasteiger partial charge in [0.05, 0.1) is 0 Å². The van der Waals surface area contributed by atoms with Gasteiger partial charge in [0.25, 0.3) is 0 Å². The first-order valence-electron chi connectivity index (χ1n) is 7.44. The zero-order valence-corrected chi connectivity index (χ0v) is 12.5. The van der Waals surface area contributed by atoms with E-state index >= 15 is 0 Å². The van der Waals surface area contributed by atoms with Crippen LogP contribution in [0.1, 0.15) is 42.2 Å². The molecule has 0 amide bonds. The van der Waals surface area contributed by atoms with E-state index in [2.05, 4.69) is 10.1 Å². The Bertz CT molecular complexity index is 628. The van der Waals surface area contributed by atoms with Crippen molar-refractivity contribution in [2.75, 3.05) is 6.54 Å². The highest BCUT2D eigenvalue weighted by Gasteiger charge is 2.32. The van der Waals surface area contributed by atoms with Gasteiger partial charge in [0, 0.05) is 11.5 Å². The number of aromatic hydroxyl groups is 1. The summed E-state index contributed by atoms with van der Waals surface area (Å²) in [5, 5.41) is 13.9. The molecule has 2 aromatic rings. The van der Waals surface area contributed by atoms with Gasteiger partial charge in [0.1, 0.15) is 5.75 Å². The molecule has 1 aliphatic carbocycles. The lowest BCUT2D eigenvalue weighted by atomic mass is 9.96. The number of aromatic nitrogens is 2. The van der Waals surface area contributed by atoms with E-state index in [0.29, 0.717) is 29.9 Å². The lowest BCUT2D eigenvalue weighted by molar-refractivity contribution is 0.326. The monoisotopic (exact) mass is 287 g/mol. The molecule has 0 saturated heterocycles. The summed E-state index contributed by atoms with van der Waals surface area (Å²) in [6.07, 6.45) is 3.37. The van der Waals surface area contributed by atoms with E-state index in [1.54, 1.807) is 0 Å². The largest absolute Gasteiger partial charge is 0.507 e. The topological polar surface area (TPSA) is 85.2 Å². The van der Waals surface area contributed by atoms with Crippen molar-refractivity contribution in [3.05, 3.63) is 29.2 Å². The minimum absolute atomic E-state index is 0.288. The smallest absolute Gasteiger partial charge is 0.230 e. The van der Waals surface area contributed by atoms with Gasteiger partial charge in [-0.1, -0.05) is 11.6 Å². The maximum atomic E-state index is 9.84. The summed E-state index contributed by atoms with van der Waals surface area (Å²) in [5.41, 5.74) is 8.33. The summed E-state index contributed by atoms with van der Waals surface area (Å²) in [7, 11) is 0. The first-order valence-corrected chi connectivity index (χ1v) is 7.44. The lowest BCUT2D eigenvalue weighted by Gasteiger charge is -2.12. The van der Waals surface area contributed by atoms with Gasteiger partial charge in [-0.15, -0.1) is 0 Å². The van der Waals surface area contributed by atoms with Gasteiger partial charge in [-0.05, 0) is 62.4 Å². The molecule has 112 valence electrons. The SMILES string of the molecule is Cc1cc(-c2noc(C3CCCC3CN)n2)cc(C)c1O. The number of benzene rings is 1. The molecule has 2 unspecified atom stereocenters. The van der Waals surface area contributed by atoms with Gasteiger partial charge in [0.2, 0.25) is 11.7 Å². The fraction of sp³-hybridized carbons (Fsp3) is 0.500. The second-order valence-corrected chi connectivity index (χ2v) is 5.95. The minimum Gasteiger partial charge on any atom is -0.507 e. The van der Waals surface area contributed by atoms with Crippen LogP contribution < -0.4 is 5.73 Å². The van der Waals surface area contributed by atoms with Gasteiger partial charge in [-0.2, -0.15) is 4.98 Å². The zero-order chi connectivity index (χ0) is 15.0. The van der Waals surface area contributed by atoms with Crippen molar-refractivity contribution >= 4 is 0 Å². The number of phenolic OH excluding ortho intramolecular Hbond substituents is 1. The Hall–Kier alpha value is -1.88. The molecule has 1 saturated carbocycles. The Morgan fingerprint density at radius 3 is 2.67 bits per heavy atom.